The first-order chi connectivity index (χ1) is 14.0. The fourth-order valence-corrected chi connectivity index (χ4v) is 3.83. The lowest BCUT2D eigenvalue weighted by Crippen LogP contribution is -2.46. The molecule has 9 heteroatoms. The van der Waals surface area contributed by atoms with Gasteiger partial charge in [0.25, 0.3) is 0 Å². The minimum Gasteiger partial charge on any atom is -0.394 e. The largest absolute Gasteiger partial charge is 0.394 e. The first-order valence-corrected chi connectivity index (χ1v) is 10.1. The van der Waals surface area contributed by atoms with Gasteiger partial charge in [0, 0.05) is 24.3 Å². The highest BCUT2D eigenvalue weighted by atomic mass is 16.5. The number of urea groups is 1. The molecule has 2 heterocycles. The number of hydrogen-bond donors (Lipinski definition) is 5. The van der Waals surface area contributed by atoms with Crippen LogP contribution in [-0.4, -0.2) is 65.6 Å². The average Bonchev–Trinajstić information content (AvgIpc) is 3.14. The third-order valence-electron chi connectivity index (χ3n) is 5.37. The quantitative estimate of drug-likeness (QED) is 0.473. The van der Waals surface area contributed by atoms with E-state index in [9.17, 15) is 19.8 Å². The van der Waals surface area contributed by atoms with Crippen molar-refractivity contribution in [2.75, 3.05) is 31.6 Å². The number of hydrogen-bond acceptors (Lipinski definition) is 6. The van der Waals surface area contributed by atoms with Gasteiger partial charge in [-0.15, -0.1) is 0 Å². The Bertz CT molecular complexity index is 729. The SMILES string of the molecule is CC[C@@H]1OC[C@@H](O)Nc2ccc(CNC(=O)NCC(=O)N3CCC[C@@H]3CO)cc21. The maximum absolute atomic E-state index is 12.2. The minimum absolute atomic E-state index is 0.0510. The third-order valence-corrected chi connectivity index (χ3v) is 5.37. The Morgan fingerprint density at radius 1 is 1.34 bits per heavy atom. The molecule has 3 rings (SSSR count). The van der Waals surface area contributed by atoms with E-state index in [1.807, 2.05) is 25.1 Å². The zero-order valence-corrected chi connectivity index (χ0v) is 16.7. The summed E-state index contributed by atoms with van der Waals surface area (Å²) in [4.78, 5) is 25.9. The molecule has 3 atom stereocenters. The van der Waals surface area contributed by atoms with Gasteiger partial charge in [-0.25, -0.2) is 4.79 Å². The van der Waals surface area contributed by atoms with Crippen molar-refractivity contribution in [1.29, 1.82) is 0 Å². The molecule has 0 aliphatic carbocycles. The summed E-state index contributed by atoms with van der Waals surface area (Å²) in [7, 11) is 0. The van der Waals surface area contributed by atoms with Crippen LogP contribution in [0.3, 0.4) is 0 Å². The van der Waals surface area contributed by atoms with Crippen LogP contribution in [0.25, 0.3) is 0 Å². The van der Waals surface area contributed by atoms with Gasteiger partial charge in [-0.1, -0.05) is 13.0 Å². The number of carbonyl (C=O) groups excluding carboxylic acids is 2. The van der Waals surface area contributed by atoms with Gasteiger partial charge in [0.1, 0.15) is 6.23 Å². The Balaban J connectivity index is 1.51. The summed E-state index contributed by atoms with van der Waals surface area (Å²) >= 11 is 0. The van der Waals surface area contributed by atoms with Crippen LogP contribution in [0.2, 0.25) is 0 Å². The maximum atomic E-state index is 12.2. The van der Waals surface area contributed by atoms with E-state index >= 15 is 0 Å². The number of benzene rings is 1. The number of fused-ring (bicyclic) bond motifs is 1. The topological polar surface area (TPSA) is 123 Å². The van der Waals surface area contributed by atoms with Crippen molar-refractivity contribution >= 4 is 17.6 Å². The molecular weight excluding hydrogens is 376 g/mol. The molecule has 0 bridgehead atoms. The Morgan fingerprint density at radius 3 is 2.93 bits per heavy atom. The third kappa shape index (κ3) is 5.37. The molecule has 2 aliphatic rings. The van der Waals surface area contributed by atoms with E-state index in [2.05, 4.69) is 16.0 Å². The van der Waals surface area contributed by atoms with E-state index in [-0.39, 0.29) is 37.8 Å². The lowest BCUT2D eigenvalue weighted by Gasteiger charge is -2.23. The second-order valence-electron chi connectivity index (χ2n) is 7.41. The van der Waals surface area contributed by atoms with Crippen molar-refractivity contribution in [3.05, 3.63) is 29.3 Å². The fourth-order valence-electron chi connectivity index (χ4n) is 3.83. The van der Waals surface area contributed by atoms with E-state index in [0.29, 0.717) is 13.1 Å². The van der Waals surface area contributed by atoms with Gasteiger partial charge >= 0.3 is 6.03 Å². The highest BCUT2D eigenvalue weighted by molar-refractivity contribution is 5.84. The first kappa shape index (κ1) is 21.4. The average molecular weight is 406 g/mol. The van der Waals surface area contributed by atoms with Crippen molar-refractivity contribution in [3.8, 4) is 0 Å². The van der Waals surface area contributed by atoms with Crippen LogP contribution in [0.4, 0.5) is 10.5 Å². The van der Waals surface area contributed by atoms with Gasteiger partial charge in [0.2, 0.25) is 5.91 Å². The van der Waals surface area contributed by atoms with Crippen molar-refractivity contribution < 1.29 is 24.5 Å². The number of aliphatic hydroxyl groups excluding tert-OH is 2. The van der Waals surface area contributed by atoms with Crippen molar-refractivity contribution in [3.63, 3.8) is 0 Å². The Labute approximate surface area is 170 Å². The number of aliphatic hydroxyl groups is 2. The summed E-state index contributed by atoms with van der Waals surface area (Å²) in [5, 5.41) is 27.5. The molecule has 1 aromatic rings. The summed E-state index contributed by atoms with van der Waals surface area (Å²) in [6.07, 6.45) is 1.56. The van der Waals surface area contributed by atoms with E-state index in [1.165, 1.54) is 0 Å². The molecule has 2 aliphatic heterocycles. The van der Waals surface area contributed by atoms with Crippen LogP contribution in [0, 0.1) is 0 Å². The summed E-state index contributed by atoms with van der Waals surface area (Å²) in [6.45, 7) is 3.00. The van der Waals surface area contributed by atoms with Crippen LogP contribution >= 0.6 is 0 Å². The number of nitrogens with zero attached hydrogens (tertiary/aromatic N) is 1. The molecule has 1 aromatic carbocycles. The van der Waals surface area contributed by atoms with E-state index in [1.54, 1.807) is 4.90 Å². The molecular formula is C20H30N4O5. The van der Waals surface area contributed by atoms with Crippen LogP contribution in [0.5, 0.6) is 0 Å². The zero-order valence-electron chi connectivity index (χ0n) is 16.7. The number of carbonyl (C=O) groups is 2. The first-order valence-electron chi connectivity index (χ1n) is 10.1. The Morgan fingerprint density at radius 2 is 2.17 bits per heavy atom. The predicted molar refractivity (Wildman–Crippen MR) is 107 cm³/mol. The van der Waals surface area contributed by atoms with Crippen LogP contribution < -0.4 is 16.0 Å². The summed E-state index contributed by atoms with van der Waals surface area (Å²) < 4.78 is 5.73. The smallest absolute Gasteiger partial charge is 0.315 e. The summed E-state index contributed by atoms with van der Waals surface area (Å²) in [5.74, 6) is -0.186. The monoisotopic (exact) mass is 406 g/mol. The minimum atomic E-state index is -0.751. The molecule has 9 nitrogen and oxygen atoms in total. The summed E-state index contributed by atoms with van der Waals surface area (Å²) in [6, 6.07) is 5.13. The Kier molecular flexibility index (Phi) is 7.29. The number of anilines is 1. The molecule has 3 amide bonds. The fraction of sp³-hybridized carbons (Fsp3) is 0.600. The molecule has 0 saturated carbocycles. The van der Waals surface area contributed by atoms with Crippen LogP contribution in [-0.2, 0) is 16.1 Å². The zero-order chi connectivity index (χ0) is 20.8. The summed E-state index contributed by atoms with van der Waals surface area (Å²) in [5.41, 5.74) is 2.66. The van der Waals surface area contributed by atoms with Gasteiger partial charge in [-0.2, -0.15) is 0 Å². The van der Waals surface area contributed by atoms with Gasteiger partial charge in [-0.05, 0) is 37.0 Å². The molecule has 160 valence electrons. The molecule has 0 aromatic heterocycles. The number of ether oxygens (including phenoxy) is 1. The standard InChI is InChI=1S/C20H30N4O5/c1-2-17-15-8-13(5-6-16(15)23-18(26)12-29-17)9-21-20(28)22-10-19(27)24-7-3-4-14(24)11-25/h5-6,8,14,17-18,23,25-26H,2-4,7,9-12H2,1H3,(H2,21,22,28)/t14-,17+,18-/m1/s1. The van der Waals surface area contributed by atoms with Crippen molar-refractivity contribution in [1.82, 2.24) is 15.5 Å². The second-order valence-corrected chi connectivity index (χ2v) is 7.41. The molecule has 1 saturated heterocycles. The van der Waals surface area contributed by atoms with Gasteiger partial charge in [-0.3, -0.25) is 4.79 Å². The maximum Gasteiger partial charge on any atom is 0.315 e. The predicted octanol–water partition coefficient (Wildman–Crippen LogP) is 0.681. The number of rotatable bonds is 6. The van der Waals surface area contributed by atoms with Gasteiger partial charge in [0.05, 0.1) is 31.9 Å². The van der Waals surface area contributed by atoms with Gasteiger partial charge in [0.15, 0.2) is 0 Å². The highest BCUT2D eigenvalue weighted by Gasteiger charge is 2.28. The number of nitrogens with one attached hydrogen (secondary N) is 3. The highest BCUT2D eigenvalue weighted by Crippen LogP contribution is 2.32. The molecule has 0 radical (unpaired) electrons. The number of likely N-dealkylation sites (tertiary alicyclic amines) is 1. The molecule has 5 N–H and O–H groups in total. The lowest BCUT2D eigenvalue weighted by atomic mass is 10.0. The van der Waals surface area contributed by atoms with Crippen LogP contribution in [0.15, 0.2) is 18.2 Å². The van der Waals surface area contributed by atoms with Crippen molar-refractivity contribution in [2.45, 2.75) is 51.1 Å². The van der Waals surface area contributed by atoms with Gasteiger partial charge < -0.3 is 35.8 Å². The van der Waals surface area contributed by atoms with E-state index in [4.69, 9.17) is 4.74 Å². The molecule has 0 unspecified atom stereocenters. The van der Waals surface area contributed by atoms with Crippen molar-refractivity contribution in [2.24, 2.45) is 0 Å². The second kappa shape index (κ2) is 9.91. The number of amides is 3. The molecule has 29 heavy (non-hydrogen) atoms. The van der Waals surface area contributed by atoms with E-state index < -0.39 is 12.3 Å². The molecule has 1 fully saturated rings. The van der Waals surface area contributed by atoms with E-state index in [0.717, 1.165) is 36.1 Å². The van der Waals surface area contributed by atoms with Crippen LogP contribution in [0.1, 0.15) is 43.4 Å². The molecule has 0 spiro atoms. The lowest BCUT2D eigenvalue weighted by molar-refractivity contribution is -0.131. The normalized spacial score (nSPS) is 23.7. The Hall–Kier alpha value is -2.36.